The highest BCUT2D eigenvalue weighted by Gasteiger charge is 2.09. The molecule has 0 atom stereocenters. The predicted molar refractivity (Wildman–Crippen MR) is 72.5 cm³/mol. The molecule has 0 spiro atoms. The van der Waals surface area contributed by atoms with Gasteiger partial charge in [-0.05, 0) is 23.9 Å². The van der Waals surface area contributed by atoms with Crippen molar-refractivity contribution in [1.82, 2.24) is 4.98 Å². The fourth-order valence-electron chi connectivity index (χ4n) is 2.26. The van der Waals surface area contributed by atoms with Crippen LogP contribution >= 0.6 is 0 Å². The van der Waals surface area contributed by atoms with E-state index in [1.54, 1.807) is 6.07 Å². The molecule has 1 heterocycles. The van der Waals surface area contributed by atoms with E-state index in [1.165, 1.54) is 0 Å². The number of aromatic nitrogens is 1. The molecule has 88 valence electrons. The van der Waals surface area contributed by atoms with Gasteiger partial charge in [0.25, 0.3) is 5.91 Å². The number of amides is 1. The first-order valence-corrected chi connectivity index (χ1v) is 5.76. The number of benzene rings is 2. The Labute approximate surface area is 104 Å². The van der Waals surface area contributed by atoms with Gasteiger partial charge in [0.05, 0.1) is 5.52 Å². The van der Waals surface area contributed by atoms with Gasteiger partial charge in [-0.25, -0.2) is 4.98 Å². The molecule has 0 aliphatic carbocycles. The summed E-state index contributed by atoms with van der Waals surface area (Å²) in [7, 11) is 0. The number of aryl methyl sites for hydroxylation is 1. The monoisotopic (exact) mass is 236 g/mol. The number of carbonyl (C=O) groups excluding carboxylic acids is 1. The summed E-state index contributed by atoms with van der Waals surface area (Å²) < 4.78 is 0. The van der Waals surface area contributed by atoms with Gasteiger partial charge >= 0.3 is 0 Å². The molecule has 3 nitrogen and oxygen atoms in total. The molecule has 0 unspecified atom stereocenters. The molecule has 0 aliphatic rings. The number of carbonyl (C=O) groups is 1. The van der Waals surface area contributed by atoms with Crippen molar-refractivity contribution in [1.29, 1.82) is 0 Å². The van der Waals surface area contributed by atoms with Gasteiger partial charge in [0, 0.05) is 10.8 Å². The van der Waals surface area contributed by atoms with Gasteiger partial charge < -0.3 is 5.73 Å². The summed E-state index contributed by atoms with van der Waals surface area (Å²) >= 11 is 0. The lowest BCUT2D eigenvalue weighted by Gasteiger charge is -2.07. The van der Waals surface area contributed by atoms with Crippen LogP contribution in [-0.2, 0) is 0 Å². The topological polar surface area (TPSA) is 56.0 Å². The highest BCUT2D eigenvalue weighted by Crippen LogP contribution is 2.26. The molecular formula is C15H12N2O. The Morgan fingerprint density at radius 2 is 1.89 bits per heavy atom. The van der Waals surface area contributed by atoms with Crippen molar-refractivity contribution in [2.75, 3.05) is 0 Å². The number of fused-ring (bicyclic) bond motifs is 3. The molecule has 0 bridgehead atoms. The molecular weight excluding hydrogens is 224 g/mol. The Morgan fingerprint density at radius 3 is 2.67 bits per heavy atom. The lowest BCUT2D eigenvalue weighted by Crippen LogP contribution is -2.13. The SMILES string of the molecule is Cc1cc(C(N)=O)nc2c1ccc1ccccc12. The number of hydrogen-bond donors (Lipinski definition) is 1. The smallest absolute Gasteiger partial charge is 0.267 e. The number of pyridine rings is 1. The fourth-order valence-corrected chi connectivity index (χ4v) is 2.26. The number of rotatable bonds is 1. The third-order valence-corrected chi connectivity index (χ3v) is 3.16. The first kappa shape index (κ1) is 10.7. The molecule has 1 amide bonds. The van der Waals surface area contributed by atoms with Crippen molar-refractivity contribution in [2.24, 2.45) is 5.73 Å². The van der Waals surface area contributed by atoms with Crippen molar-refractivity contribution in [3.63, 3.8) is 0 Å². The summed E-state index contributed by atoms with van der Waals surface area (Å²) in [5.74, 6) is -0.493. The number of hydrogen-bond acceptors (Lipinski definition) is 2. The predicted octanol–water partition coefficient (Wildman–Crippen LogP) is 2.80. The van der Waals surface area contributed by atoms with Gasteiger partial charge in [0.15, 0.2) is 0 Å². The zero-order valence-corrected chi connectivity index (χ0v) is 9.97. The van der Waals surface area contributed by atoms with E-state index >= 15 is 0 Å². The summed E-state index contributed by atoms with van der Waals surface area (Å²) in [5.41, 5.74) is 7.48. The third-order valence-electron chi connectivity index (χ3n) is 3.16. The van der Waals surface area contributed by atoms with Crippen LogP contribution in [0.5, 0.6) is 0 Å². The van der Waals surface area contributed by atoms with Crippen LogP contribution in [0, 0.1) is 6.92 Å². The standard InChI is InChI=1S/C15H12N2O/c1-9-8-13(15(16)18)17-14-11(9)7-6-10-4-2-3-5-12(10)14/h2-8H,1H3,(H2,16,18). The molecule has 1 aromatic heterocycles. The minimum atomic E-state index is -0.493. The Hall–Kier alpha value is -2.42. The number of primary amides is 1. The summed E-state index contributed by atoms with van der Waals surface area (Å²) in [4.78, 5) is 15.7. The van der Waals surface area contributed by atoms with Crippen LogP contribution in [0.1, 0.15) is 16.1 Å². The molecule has 3 heteroatoms. The zero-order valence-electron chi connectivity index (χ0n) is 9.97. The van der Waals surface area contributed by atoms with Crippen LogP contribution in [0.4, 0.5) is 0 Å². The lowest BCUT2D eigenvalue weighted by atomic mass is 10.0. The maximum absolute atomic E-state index is 11.3. The lowest BCUT2D eigenvalue weighted by molar-refractivity contribution is 0.0996. The van der Waals surface area contributed by atoms with E-state index in [0.717, 1.165) is 27.2 Å². The second-order valence-electron chi connectivity index (χ2n) is 4.37. The van der Waals surface area contributed by atoms with E-state index in [2.05, 4.69) is 11.1 Å². The van der Waals surface area contributed by atoms with Crippen molar-refractivity contribution < 1.29 is 4.79 Å². The second kappa shape index (κ2) is 3.81. The van der Waals surface area contributed by atoms with Crippen LogP contribution in [0.3, 0.4) is 0 Å². The maximum atomic E-state index is 11.3. The molecule has 0 fully saturated rings. The molecule has 2 aromatic carbocycles. The molecule has 0 saturated carbocycles. The highest BCUT2D eigenvalue weighted by atomic mass is 16.1. The molecule has 0 aliphatic heterocycles. The van der Waals surface area contributed by atoms with E-state index in [0.29, 0.717) is 5.69 Å². The molecule has 3 rings (SSSR count). The summed E-state index contributed by atoms with van der Waals surface area (Å²) in [5, 5.41) is 3.21. The van der Waals surface area contributed by atoms with E-state index in [4.69, 9.17) is 5.73 Å². The van der Waals surface area contributed by atoms with Crippen LogP contribution in [0.15, 0.2) is 42.5 Å². The Kier molecular flexibility index (Phi) is 2.27. The van der Waals surface area contributed by atoms with Gasteiger partial charge in [0.2, 0.25) is 0 Å². The van der Waals surface area contributed by atoms with E-state index in [9.17, 15) is 4.79 Å². The van der Waals surface area contributed by atoms with Crippen LogP contribution in [0.25, 0.3) is 21.7 Å². The van der Waals surface area contributed by atoms with Crippen molar-refractivity contribution in [2.45, 2.75) is 6.92 Å². The zero-order chi connectivity index (χ0) is 12.7. The second-order valence-corrected chi connectivity index (χ2v) is 4.37. The van der Waals surface area contributed by atoms with Crippen molar-refractivity contribution >= 4 is 27.6 Å². The van der Waals surface area contributed by atoms with Gasteiger partial charge in [-0.3, -0.25) is 4.79 Å². The molecule has 18 heavy (non-hydrogen) atoms. The maximum Gasteiger partial charge on any atom is 0.267 e. The average Bonchev–Trinajstić information content (AvgIpc) is 2.38. The molecule has 2 N–H and O–H groups in total. The minimum Gasteiger partial charge on any atom is -0.364 e. The first-order valence-electron chi connectivity index (χ1n) is 5.76. The van der Waals surface area contributed by atoms with Gasteiger partial charge in [-0.15, -0.1) is 0 Å². The quantitative estimate of drug-likeness (QED) is 0.660. The van der Waals surface area contributed by atoms with Gasteiger partial charge in [-0.2, -0.15) is 0 Å². The summed E-state index contributed by atoms with van der Waals surface area (Å²) in [6, 6.07) is 13.8. The van der Waals surface area contributed by atoms with E-state index < -0.39 is 5.91 Å². The third kappa shape index (κ3) is 1.52. The Bertz CT molecular complexity index is 778. The Balaban J connectivity index is 2.51. The molecule has 0 radical (unpaired) electrons. The largest absolute Gasteiger partial charge is 0.364 e. The average molecular weight is 236 g/mol. The van der Waals surface area contributed by atoms with Crippen molar-refractivity contribution in [3.8, 4) is 0 Å². The minimum absolute atomic E-state index is 0.316. The first-order chi connectivity index (χ1) is 8.66. The molecule has 3 aromatic rings. The summed E-state index contributed by atoms with van der Waals surface area (Å²) in [6.07, 6.45) is 0. The van der Waals surface area contributed by atoms with Crippen LogP contribution in [-0.4, -0.2) is 10.9 Å². The van der Waals surface area contributed by atoms with Crippen LogP contribution in [0.2, 0.25) is 0 Å². The number of nitrogens with two attached hydrogens (primary N) is 1. The fraction of sp³-hybridized carbons (Fsp3) is 0.0667. The Morgan fingerprint density at radius 1 is 1.11 bits per heavy atom. The van der Waals surface area contributed by atoms with Gasteiger partial charge in [0.1, 0.15) is 5.69 Å². The van der Waals surface area contributed by atoms with E-state index in [1.807, 2.05) is 37.3 Å². The normalized spacial score (nSPS) is 10.9. The van der Waals surface area contributed by atoms with E-state index in [-0.39, 0.29) is 0 Å². The molecule has 0 saturated heterocycles. The highest BCUT2D eigenvalue weighted by molar-refractivity contribution is 6.07. The number of nitrogens with zero attached hydrogens (tertiary/aromatic N) is 1. The van der Waals surface area contributed by atoms with Crippen LogP contribution < -0.4 is 5.73 Å². The van der Waals surface area contributed by atoms with Gasteiger partial charge in [-0.1, -0.05) is 36.4 Å². The van der Waals surface area contributed by atoms with Crippen molar-refractivity contribution in [3.05, 3.63) is 53.7 Å². The summed E-state index contributed by atoms with van der Waals surface area (Å²) in [6.45, 7) is 1.96.